The second-order valence-electron chi connectivity index (χ2n) is 7.65. The Bertz CT molecular complexity index is 1110. The molecule has 1 fully saturated rings. The van der Waals surface area contributed by atoms with Gasteiger partial charge >= 0.3 is 6.18 Å². The van der Waals surface area contributed by atoms with Crippen molar-refractivity contribution in [1.82, 2.24) is 9.88 Å². The Balaban J connectivity index is 1.30. The van der Waals surface area contributed by atoms with Crippen molar-refractivity contribution in [2.24, 2.45) is 0 Å². The Kier molecular flexibility index (Phi) is 6.37. The average molecular weight is 485 g/mol. The highest BCUT2D eigenvalue weighted by atomic mass is 32.2. The van der Waals surface area contributed by atoms with Crippen LogP contribution in [-0.4, -0.2) is 69.4 Å². The molecule has 0 aliphatic carbocycles. The molecule has 2 aliphatic rings. The SMILES string of the molecule is O=C(CCS(=O)(=O)c1ccc2c(c1)OCCO2)N1CCN(c2ccc(C(F)(F)F)cn2)CC1. The number of pyridine rings is 1. The van der Waals surface area contributed by atoms with E-state index in [0.29, 0.717) is 56.7 Å². The van der Waals surface area contributed by atoms with E-state index in [1.165, 1.54) is 24.3 Å². The molecule has 3 heterocycles. The molecule has 178 valence electrons. The molecule has 4 rings (SSSR count). The molecule has 0 radical (unpaired) electrons. The molecule has 0 N–H and O–H groups in total. The smallest absolute Gasteiger partial charge is 0.417 e. The fourth-order valence-corrected chi connectivity index (χ4v) is 4.88. The van der Waals surface area contributed by atoms with E-state index < -0.39 is 21.6 Å². The Morgan fingerprint density at radius 1 is 1.00 bits per heavy atom. The second kappa shape index (κ2) is 9.08. The maximum atomic E-state index is 12.7. The standard InChI is InChI=1S/C21H22F3N3O5S/c22-21(23,24)15-1-4-19(25-14-15)26-6-8-27(9-7-26)20(28)5-12-33(29,30)16-2-3-17-18(13-16)32-11-10-31-17/h1-4,13-14H,5-12H2. The number of hydrogen-bond donors (Lipinski definition) is 0. The van der Waals surface area contributed by atoms with Crippen molar-refractivity contribution in [3.63, 3.8) is 0 Å². The Morgan fingerprint density at radius 2 is 1.70 bits per heavy atom. The number of anilines is 1. The van der Waals surface area contributed by atoms with Crippen molar-refractivity contribution in [1.29, 1.82) is 0 Å². The summed E-state index contributed by atoms with van der Waals surface area (Å²) in [5, 5.41) is 0. The van der Waals surface area contributed by atoms with Crippen LogP contribution in [0, 0.1) is 0 Å². The number of hydrogen-bond acceptors (Lipinski definition) is 7. The maximum Gasteiger partial charge on any atom is 0.417 e. The zero-order valence-electron chi connectivity index (χ0n) is 17.5. The minimum absolute atomic E-state index is 0.0674. The van der Waals surface area contributed by atoms with Crippen LogP contribution < -0.4 is 14.4 Å². The second-order valence-corrected chi connectivity index (χ2v) is 9.75. The third-order valence-corrected chi connectivity index (χ3v) is 7.20. The Morgan fingerprint density at radius 3 is 2.33 bits per heavy atom. The van der Waals surface area contributed by atoms with E-state index in [4.69, 9.17) is 9.47 Å². The van der Waals surface area contributed by atoms with Crippen LogP contribution in [0.2, 0.25) is 0 Å². The van der Waals surface area contributed by atoms with Gasteiger partial charge in [-0.3, -0.25) is 4.79 Å². The zero-order valence-corrected chi connectivity index (χ0v) is 18.4. The molecule has 2 aliphatic heterocycles. The van der Waals surface area contributed by atoms with Gasteiger partial charge in [0.15, 0.2) is 21.3 Å². The minimum atomic E-state index is -4.45. The number of fused-ring (bicyclic) bond motifs is 1. The third-order valence-electron chi connectivity index (χ3n) is 5.49. The van der Waals surface area contributed by atoms with Crippen molar-refractivity contribution in [2.75, 3.05) is 50.0 Å². The fourth-order valence-electron chi connectivity index (χ4n) is 3.64. The van der Waals surface area contributed by atoms with Gasteiger partial charge in [-0.1, -0.05) is 0 Å². The van der Waals surface area contributed by atoms with E-state index in [1.54, 1.807) is 9.80 Å². The van der Waals surface area contributed by atoms with Crippen molar-refractivity contribution >= 4 is 21.6 Å². The molecule has 1 amide bonds. The van der Waals surface area contributed by atoms with Gasteiger partial charge in [-0.05, 0) is 24.3 Å². The number of ether oxygens (including phenoxy) is 2. The van der Waals surface area contributed by atoms with Crippen LogP contribution in [0.5, 0.6) is 11.5 Å². The van der Waals surface area contributed by atoms with Crippen LogP contribution in [0.1, 0.15) is 12.0 Å². The van der Waals surface area contributed by atoms with Crippen LogP contribution in [0.15, 0.2) is 41.4 Å². The molecule has 2 aromatic rings. The minimum Gasteiger partial charge on any atom is -0.486 e. The lowest BCUT2D eigenvalue weighted by molar-refractivity contribution is -0.137. The summed E-state index contributed by atoms with van der Waals surface area (Å²) < 4.78 is 74.2. The largest absolute Gasteiger partial charge is 0.486 e. The quantitative estimate of drug-likeness (QED) is 0.643. The normalized spacial score (nSPS) is 16.6. The molecular weight excluding hydrogens is 463 g/mol. The third kappa shape index (κ3) is 5.32. The van der Waals surface area contributed by atoms with E-state index in [0.717, 1.165) is 12.3 Å². The number of carbonyl (C=O) groups is 1. The molecule has 0 saturated carbocycles. The molecule has 0 unspecified atom stereocenters. The van der Waals surface area contributed by atoms with Crippen molar-refractivity contribution < 1.29 is 35.9 Å². The molecule has 33 heavy (non-hydrogen) atoms. The maximum absolute atomic E-state index is 12.7. The van der Waals surface area contributed by atoms with Crippen LogP contribution in [-0.2, 0) is 20.8 Å². The first kappa shape index (κ1) is 23.1. The Hall–Kier alpha value is -3.02. The number of alkyl halides is 3. The molecule has 1 aromatic heterocycles. The summed E-state index contributed by atoms with van der Waals surface area (Å²) in [5.74, 6) is 0.609. The molecular formula is C21H22F3N3O5S. The van der Waals surface area contributed by atoms with Gasteiger partial charge in [-0.2, -0.15) is 13.2 Å². The molecule has 8 nitrogen and oxygen atoms in total. The zero-order chi connectivity index (χ0) is 23.6. The monoisotopic (exact) mass is 485 g/mol. The number of aromatic nitrogens is 1. The van der Waals surface area contributed by atoms with Gasteiger partial charge in [0.2, 0.25) is 5.91 Å². The number of halogens is 3. The van der Waals surface area contributed by atoms with Crippen molar-refractivity contribution in [3.05, 3.63) is 42.1 Å². The summed E-state index contributed by atoms with van der Waals surface area (Å²) in [5.41, 5.74) is -0.820. The van der Waals surface area contributed by atoms with Gasteiger partial charge in [0.05, 0.1) is 16.2 Å². The average Bonchev–Trinajstić information content (AvgIpc) is 2.82. The summed E-state index contributed by atoms with van der Waals surface area (Å²) in [6, 6.07) is 6.66. The van der Waals surface area contributed by atoms with E-state index in [9.17, 15) is 26.4 Å². The van der Waals surface area contributed by atoms with Gasteiger partial charge in [0.1, 0.15) is 19.0 Å². The predicted octanol–water partition coefficient (Wildman–Crippen LogP) is 2.38. The number of amides is 1. The molecule has 0 atom stereocenters. The van der Waals surface area contributed by atoms with Crippen LogP contribution in [0.25, 0.3) is 0 Å². The lowest BCUT2D eigenvalue weighted by atomic mass is 10.2. The highest BCUT2D eigenvalue weighted by Crippen LogP contribution is 2.33. The first-order chi connectivity index (χ1) is 15.6. The molecule has 12 heteroatoms. The van der Waals surface area contributed by atoms with Gasteiger partial charge in [-0.15, -0.1) is 0 Å². The fraction of sp³-hybridized carbons (Fsp3) is 0.429. The van der Waals surface area contributed by atoms with E-state index >= 15 is 0 Å². The summed E-state index contributed by atoms with van der Waals surface area (Å²) >= 11 is 0. The number of carbonyl (C=O) groups excluding carboxylic acids is 1. The number of piperazine rings is 1. The van der Waals surface area contributed by atoms with Gasteiger partial charge in [0, 0.05) is 44.9 Å². The molecule has 1 aromatic carbocycles. The number of benzene rings is 1. The number of rotatable bonds is 5. The van der Waals surface area contributed by atoms with Gasteiger partial charge < -0.3 is 19.3 Å². The predicted molar refractivity (Wildman–Crippen MR) is 112 cm³/mol. The Labute approximate surface area is 188 Å². The van der Waals surface area contributed by atoms with Crippen molar-refractivity contribution in [2.45, 2.75) is 17.5 Å². The highest BCUT2D eigenvalue weighted by Gasteiger charge is 2.31. The number of nitrogens with zero attached hydrogens (tertiary/aromatic N) is 3. The summed E-state index contributed by atoms with van der Waals surface area (Å²) in [6.45, 7) is 2.16. The topological polar surface area (TPSA) is 89.0 Å². The first-order valence-electron chi connectivity index (χ1n) is 10.3. The lowest BCUT2D eigenvalue weighted by Crippen LogP contribution is -2.49. The summed E-state index contributed by atoms with van der Waals surface area (Å²) in [4.78, 5) is 19.9. The van der Waals surface area contributed by atoms with E-state index in [-0.39, 0.29) is 23.0 Å². The first-order valence-corrected chi connectivity index (χ1v) is 12.0. The van der Waals surface area contributed by atoms with Gasteiger partial charge in [0.25, 0.3) is 0 Å². The summed E-state index contributed by atoms with van der Waals surface area (Å²) in [7, 11) is -3.69. The van der Waals surface area contributed by atoms with Gasteiger partial charge in [-0.25, -0.2) is 13.4 Å². The highest BCUT2D eigenvalue weighted by molar-refractivity contribution is 7.91. The van der Waals surface area contributed by atoms with Crippen LogP contribution >= 0.6 is 0 Å². The van der Waals surface area contributed by atoms with Crippen LogP contribution in [0.3, 0.4) is 0 Å². The van der Waals surface area contributed by atoms with E-state index in [2.05, 4.69) is 4.98 Å². The lowest BCUT2D eigenvalue weighted by Gasteiger charge is -2.35. The van der Waals surface area contributed by atoms with Crippen molar-refractivity contribution in [3.8, 4) is 11.5 Å². The van der Waals surface area contributed by atoms with Crippen LogP contribution in [0.4, 0.5) is 19.0 Å². The van der Waals surface area contributed by atoms with E-state index in [1.807, 2.05) is 0 Å². The molecule has 0 bridgehead atoms. The number of sulfone groups is 1. The molecule has 0 spiro atoms. The molecule has 1 saturated heterocycles. The summed E-state index contributed by atoms with van der Waals surface area (Å²) in [6.07, 6.45) is -3.83.